The Morgan fingerprint density at radius 2 is 1.76 bits per heavy atom. The van der Waals surface area contributed by atoms with E-state index in [4.69, 9.17) is 4.99 Å². The van der Waals surface area contributed by atoms with E-state index < -0.39 is 0 Å². The number of hydrogen-bond donors (Lipinski definition) is 2. The molecule has 0 atom stereocenters. The fourth-order valence-corrected chi connectivity index (χ4v) is 3.99. The molecule has 0 amide bonds. The molecule has 0 spiro atoms. The first-order valence-corrected chi connectivity index (χ1v) is 10.1. The first-order valence-electron chi connectivity index (χ1n) is 10.1. The average molecular weight is 465 g/mol. The number of nitrogens with zero attached hydrogens (tertiary/aromatic N) is 3. The van der Waals surface area contributed by atoms with E-state index in [2.05, 4.69) is 41.3 Å². The standard InChI is InChI=1S/C19H39N5.HI/c1-4-19(9-6-7-10-19)17-22-18(20-5-2)21-11-14-24-13-8-12-23(3)15-16-24;/h4-17H2,1-3H3,(H2,20,21,22);1H. The third-order valence-electron chi connectivity index (χ3n) is 5.86. The molecule has 0 aromatic heterocycles. The van der Waals surface area contributed by atoms with Crippen LogP contribution in [0.15, 0.2) is 4.99 Å². The minimum absolute atomic E-state index is 0. The third kappa shape index (κ3) is 7.99. The van der Waals surface area contributed by atoms with Gasteiger partial charge >= 0.3 is 0 Å². The number of guanidine groups is 1. The van der Waals surface area contributed by atoms with Gasteiger partial charge in [-0.05, 0) is 58.2 Å². The topological polar surface area (TPSA) is 42.9 Å². The Balaban J connectivity index is 0.00000312. The van der Waals surface area contributed by atoms with Gasteiger partial charge in [0.15, 0.2) is 5.96 Å². The molecule has 25 heavy (non-hydrogen) atoms. The van der Waals surface area contributed by atoms with Crippen molar-refractivity contribution in [1.29, 1.82) is 0 Å². The lowest BCUT2D eigenvalue weighted by Gasteiger charge is -2.26. The molecule has 0 radical (unpaired) electrons. The van der Waals surface area contributed by atoms with Crippen molar-refractivity contribution in [1.82, 2.24) is 20.4 Å². The van der Waals surface area contributed by atoms with Gasteiger partial charge in [-0.1, -0.05) is 19.8 Å². The third-order valence-corrected chi connectivity index (χ3v) is 5.86. The highest BCUT2D eigenvalue weighted by atomic mass is 127. The Hall–Kier alpha value is -0.0800. The van der Waals surface area contributed by atoms with Gasteiger partial charge in [-0.25, -0.2) is 0 Å². The maximum Gasteiger partial charge on any atom is 0.191 e. The zero-order chi connectivity index (χ0) is 17.3. The zero-order valence-electron chi connectivity index (χ0n) is 16.6. The molecule has 2 rings (SSSR count). The summed E-state index contributed by atoms with van der Waals surface area (Å²) in [5.74, 6) is 1.00. The fourth-order valence-electron chi connectivity index (χ4n) is 3.99. The van der Waals surface area contributed by atoms with Crippen molar-refractivity contribution in [2.24, 2.45) is 10.4 Å². The lowest BCUT2D eigenvalue weighted by Crippen LogP contribution is -2.42. The van der Waals surface area contributed by atoms with E-state index >= 15 is 0 Å². The van der Waals surface area contributed by atoms with Crippen molar-refractivity contribution in [2.45, 2.75) is 52.4 Å². The summed E-state index contributed by atoms with van der Waals surface area (Å²) in [5, 5.41) is 6.97. The van der Waals surface area contributed by atoms with E-state index in [0.29, 0.717) is 5.41 Å². The van der Waals surface area contributed by atoms with Crippen LogP contribution in [0.4, 0.5) is 0 Å². The number of halogens is 1. The predicted octanol–water partition coefficient (Wildman–Crippen LogP) is 2.77. The van der Waals surface area contributed by atoms with Crippen LogP contribution in [-0.2, 0) is 0 Å². The summed E-state index contributed by atoms with van der Waals surface area (Å²) < 4.78 is 0. The van der Waals surface area contributed by atoms with Crippen molar-refractivity contribution < 1.29 is 0 Å². The second-order valence-electron chi connectivity index (χ2n) is 7.68. The molecule has 5 nitrogen and oxygen atoms in total. The smallest absolute Gasteiger partial charge is 0.191 e. The van der Waals surface area contributed by atoms with E-state index in [9.17, 15) is 0 Å². The Labute approximate surface area is 172 Å². The monoisotopic (exact) mass is 465 g/mol. The lowest BCUT2D eigenvalue weighted by atomic mass is 9.84. The molecule has 0 bridgehead atoms. The Morgan fingerprint density at radius 1 is 1.00 bits per heavy atom. The molecule has 0 aromatic carbocycles. The van der Waals surface area contributed by atoms with E-state index in [1.54, 1.807) is 0 Å². The van der Waals surface area contributed by atoms with Gasteiger partial charge in [0.1, 0.15) is 0 Å². The summed E-state index contributed by atoms with van der Waals surface area (Å²) in [4.78, 5) is 9.93. The summed E-state index contributed by atoms with van der Waals surface area (Å²) in [5.41, 5.74) is 0.470. The number of likely N-dealkylation sites (N-methyl/N-ethyl adjacent to an activating group) is 1. The number of hydrogen-bond acceptors (Lipinski definition) is 3. The van der Waals surface area contributed by atoms with E-state index in [1.807, 2.05) is 0 Å². The number of rotatable bonds is 7. The Morgan fingerprint density at radius 3 is 2.44 bits per heavy atom. The van der Waals surface area contributed by atoms with Crippen molar-refractivity contribution >= 4 is 29.9 Å². The van der Waals surface area contributed by atoms with Crippen molar-refractivity contribution in [3.8, 4) is 0 Å². The highest BCUT2D eigenvalue weighted by Crippen LogP contribution is 2.41. The molecular weight excluding hydrogens is 425 g/mol. The first kappa shape index (κ1) is 23.0. The largest absolute Gasteiger partial charge is 0.357 e. The van der Waals surface area contributed by atoms with Crippen LogP contribution < -0.4 is 10.6 Å². The number of nitrogens with one attached hydrogen (secondary N) is 2. The van der Waals surface area contributed by atoms with Crippen LogP contribution in [-0.4, -0.2) is 75.2 Å². The second-order valence-corrected chi connectivity index (χ2v) is 7.68. The molecule has 0 aromatic rings. The number of aliphatic imine (C=N–C) groups is 1. The summed E-state index contributed by atoms with van der Waals surface area (Å²) >= 11 is 0. The molecule has 6 heteroatoms. The molecule has 1 aliphatic heterocycles. The van der Waals surface area contributed by atoms with Gasteiger partial charge in [0.05, 0.1) is 0 Å². The molecule has 0 unspecified atom stereocenters. The molecule has 1 heterocycles. The molecule has 1 saturated heterocycles. The van der Waals surface area contributed by atoms with Gasteiger partial charge in [-0.3, -0.25) is 4.99 Å². The maximum atomic E-state index is 4.92. The van der Waals surface area contributed by atoms with Crippen LogP contribution in [0.25, 0.3) is 0 Å². The first-order chi connectivity index (χ1) is 11.7. The average Bonchev–Trinajstić information content (AvgIpc) is 2.97. The highest BCUT2D eigenvalue weighted by molar-refractivity contribution is 14.0. The Kier molecular flexibility index (Phi) is 11.3. The highest BCUT2D eigenvalue weighted by Gasteiger charge is 2.31. The minimum atomic E-state index is 0. The van der Waals surface area contributed by atoms with Gasteiger partial charge in [-0.2, -0.15) is 0 Å². The SMILES string of the molecule is CCNC(=NCC1(CC)CCCC1)NCCN1CCCN(C)CC1.I. The molecule has 148 valence electrons. The van der Waals surface area contributed by atoms with Crippen LogP contribution in [0.3, 0.4) is 0 Å². The van der Waals surface area contributed by atoms with Crippen molar-refractivity contribution in [3.05, 3.63) is 0 Å². The molecule has 2 aliphatic rings. The van der Waals surface area contributed by atoms with E-state index in [0.717, 1.165) is 32.1 Å². The molecular formula is C19H40IN5. The quantitative estimate of drug-likeness (QED) is 0.345. The molecule has 2 fully saturated rings. The van der Waals surface area contributed by atoms with Crippen molar-refractivity contribution in [3.63, 3.8) is 0 Å². The molecule has 1 saturated carbocycles. The summed E-state index contributed by atoms with van der Waals surface area (Å²) in [6.45, 7) is 13.3. The zero-order valence-corrected chi connectivity index (χ0v) is 19.0. The Bertz CT molecular complexity index is 382. The van der Waals surface area contributed by atoms with Gasteiger partial charge in [-0.15, -0.1) is 24.0 Å². The van der Waals surface area contributed by atoms with Gasteiger partial charge in [0.2, 0.25) is 0 Å². The normalized spacial score (nSPS) is 22.3. The van der Waals surface area contributed by atoms with Gasteiger partial charge in [0.25, 0.3) is 0 Å². The second kappa shape index (κ2) is 12.3. The van der Waals surface area contributed by atoms with Crippen LogP contribution >= 0.6 is 24.0 Å². The molecule has 2 N–H and O–H groups in total. The summed E-state index contributed by atoms with van der Waals surface area (Å²) in [6, 6.07) is 0. The van der Waals surface area contributed by atoms with Crippen LogP contribution in [0.1, 0.15) is 52.4 Å². The lowest BCUT2D eigenvalue weighted by molar-refractivity contribution is 0.279. The fraction of sp³-hybridized carbons (Fsp3) is 0.947. The van der Waals surface area contributed by atoms with E-state index in [-0.39, 0.29) is 24.0 Å². The maximum absolute atomic E-state index is 4.92. The summed E-state index contributed by atoms with van der Waals surface area (Å²) in [6.07, 6.45) is 8.02. The van der Waals surface area contributed by atoms with Gasteiger partial charge in [0, 0.05) is 39.3 Å². The summed E-state index contributed by atoms with van der Waals surface area (Å²) in [7, 11) is 2.23. The van der Waals surface area contributed by atoms with Crippen LogP contribution in [0, 0.1) is 5.41 Å². The van der Waals surface area contributed by atoms with Gasteiger partial charge < -0.3 is 20.4 Å². The minimum Gasteiger partial charge on any atom is -0.357 e. The van der Waals surface area contributed by atoms with E-state index in [1.165, 1.54) is 64.7 Å². The van der Waals surface area contributed by atoms with Crippen molar-refractivity contribution in [2.75, 3.05) is 59.4 Å². The van der Waals surface area contributed by atoms with Crippen LogP contribution in [0.2, 0.25) is 0 Å². The van der Waals surface area contributed by atoms with Crippen LogP contribution in [0.5, 0.6) is 0 Å². The predicted molar refractivity (Wildman–Crippen MR) is 119 cm³/mol. The molecule has 1 aliphatic carbocycles.